The molecule has 0 saturated heterocycles. The number of rotatable bonds is 6. The molecule has 0 saturated carbocycles. The molecule has 0 fully saturated rings. The van der Waals surface area contributed by atoms with Gasteiger partial charge < -0.3 is 14.8 Å². The monoisotopic (exact) mass is 271 g/mol. The van der Waals surface area contributed by atoms with E-state index >= 15 is 0 Å². The van der Waals surface area contributed by atoms with Gasteiger partial charge in [0.2, 0.25) is 0 Å². The topological polar surface area (TPSA) is 30.5 Å². The Balaban J connectivity index is 3.04. The largest absolute Gasteiger partial charge is 0.496 e. The number of methoxy groups -OCH3 is 2. The van der Waals surface area contributed by atoms with Gasteiger partial charge in [-0.2, -0.15) is 0 Å². The highest BCUT2D eigenvalue weighted by Gasteiger charge is 2.25. The second-order valence-electron chi connectivity index (χ2n) is 4.90. The standard InChI is InChI=1S/C14H22ClNO2/c1-14(2,18-5)9-12(16-3)11-8-10(15)6-7-13(11)17-4/h6-8,12,16H,9H2,1-5H3. The molecule has 0 aliphatic rings. The van der Waals surface area contributed by atoms with Crippen molar-refractivity contribution >= 4 is 11.6 Å². The second kappa shape index (κ2) is 6.41. The number of hydrogen-bond donors (Lipinski definition) is 1. The Morgan fingerprint density at radius 2 is 2.00 bits per heavy atom. The van der Waals surface area contributed by atoms with E-state index < -0.39 is 0 Å². The summed E-state index contributed by atoms with van der Waals surface area (Å²) < 4.78 is 10.9. The third-order valence-corrected chi connectivity index (χ3v) is 3.40. The quantitative estimate of drug-likeness (QED) is 0.860. The maximum absolute atomic E-state index is 6.07. The normalized spacial score (nSPS) is 13.4. The van der Waals surface area contributed by atoms with E-state index in [1.807, 2.05) is 25.2 Å². The highest BCUT2D eigenvalue weighted by molar-refractivity contribution is 6.30. The Bertz CT molecular complexity index is 393. The van der Waals surface area contributed by atoms with Crippen molar-refractivity contribution in [3.63, 3.8) is 0 Å². The van der Waals surface area contributed by atoms with Crippen LogP contribution in [0.15, 0.2) is 18.2 Å². The molecule has 0 spiro atoms. The summed E-state index contributed by atoms with van der Waals surface area (Å²) in [7, 11) is 5.32. The van der Waals surface area contributed by atoms with Crippen LogP contribution in [0, 0.1) is 0 Å². The molecule has 0 heterocycles. The third-order valence-electron chi connectivity index (χ3n) is 3.16. The Kier molecular flexibility index (Phi) is 5.45. The fourth-order valence-electron chi connectivity index (χ4n) is 1.92. The molecule has 3 nitrogen and oxygen atoms in total. The Hall–Kier alpha value is -0.770. The highest BCUT2D eigenvalue weighted by atomic mass is 35.5. The van der Waals surface area contributed by atoms with Gasteiger partial charge in [0.25, 0.3) is 0 Å². The van der Waals surface area contributed by atoms with Gasteiger partial charge in [0.15, 0.2) is 0 Å². The molecule has 0 radical (unpaired) electrons. The summed E-state index contributed by atoms with van der Waals surface area (Å²) in [6.07, 6.45) is 0.830. The first-order chi connectivity index (χ1) is 8.43. The van der Waals surface area contributed by atoms with Crippen LogP contribution < -0.4 is 10.1 Å². The van der Waals surface area contributed by atoms with Gasteiger partial charge in [-0.25, -0.2) is 0 Å². The zero-order chi connectivity index (χ0) is 13.8. The van der Waals surface area contributed by atoms with E-state index in [0.29, 0.717) is 5.02 Å². The van der Waals surface area contributed by atoms with Crippen LogP contribution in [-0.2, 0) is 4.74 Å². The molecule has 4 heteroatoms. The average Bonchev–Trinajstić information content (AvgIpc) is 2.36. The fourth-order valence-corrected chi connectivity index (χ4v) is 2.10. The molecule has 1 aromatic rings. The summed E-state index contributed by atoms with van der Waals surface area (Å²) in [6.45, 7) is 4.13. The first-order valence-corrected chi connectivity index (χ1v) is 6.37. The summed E-state index contributed by atoms with van der Waals surface area (Å²) in [4.78, 5) is 0. The van der Waals surface area contributed by atoms with Gasteiger partial charge in [-0.3, -0.25) is 0 Å². The Morgan fingerprint density at radius 3 is 2.50 bits per heavy atom. The predicted octanol–water partition coefficient (Wildman–Crippen LogP) is 3.42. The van der Waals surface area contributed by atoms with Crippen molar-refractivity contribution < 1.29 is 9.47 Å². The molecule has 1 unspecified atom stereocenters. The van der Waals surface area contributed by atoms with E-state index in [9.17, 15) is 0 Å². The molecule has 1 rings (SSSR count). The van der Waals surface area contributed by atoms with Crippen molar-refractivity contribution in [1.82, 2.24) is 5.32 Å². The van der Waals surface area contributed by atoms with Crippen molar-refractivity contribution in [1.29, 1.82) is 0 Å². The van der Waals surface area contributed by atoms with Crippen LogP contribution in [0.1, 0.15) is 31.9 Å². The maximum atomic E-state index is 6.07. The van der Waals surface area contributed by atoms with E-state index in [1.165, 1.54) is 0 Å². The molecule has 0 amide bonds. The summed E-state index contributed by atoms with van der Waals surface area (Å²) in [5.74, 6) is 0.839. The first kappa shape index (κ1) is 15.3. The minimum absolute atomic E-state index is 0.133. The molecule has 1 N–H and O–H groups in total. The van der Waals surface area contributed by atoms with E-state index in [-0.39, 0.29) is 11.6 Å². The molecule has 1 aromatic carbocycles. The number of ether oxygens (including phenoxy) is 2. The Labute approximate surface area is 114 Å². The average molecular weight is 272 g/mol. The van der Waals surface area contributed by atoms with Gasteiger partial charge in [-0.1, -0.05) is 11.6 Å². The number of hydrogen-bond acceptors (Lipinski definition) is 3. The molecular weight excluding hydrogens is 250 g/mol. The molecule has 0 aliphatic heterocycles. The maximum Gasteiger partial charge on any atom is 0.123 e. The van der Waals surface area contributed by atoms with E-state index in [2.05, 4.69) is 19.2 Å². The van der Waals surface area contributed by atoms with Crippen LogP contribution >= 0.6 is 11.6 Å². The summed E-state index contributed by atoms with van der Waals surface area (Å²) in [5, 5.41) is 4.00. The van der Waals surface area contributed by atoms with Crippen LogP contribution in [0.4, 0.5) is 0 Å². The van der Waals surface area contributed by atoms with Crippen molar-refractivity contribution in [2.75, 3.05) is 21.3 Å². The highest BCUT2D eigenvalue weighted by Crippen LogP contribution is 2.33. The molecule has 102 valence electrons. The van der Waals surface area contributed by atoms with Gasteiger partial charge in [-0.05, 0) is 45.5 Å². The zero-order valence-electron chi connectivity index (χ0n) is 11.7. The summed E-state index contributed by atoms with van der Waals surface area (Å²) in [6, 6.07) is 5.79. The molecule has 0 aromatic heterocycles. The van der Waals surface area contributed by atoms with Gasteiger partial charge in [0.05, 0.1) is 12.7 Å². The minimum atomic E-state index is -0.207. The molecule has 0 bridgehead atoms. The van der Waals surface area contributed by atoms with Gasteiger partial charge >= 0.3 is 0 Å². The van der Waals surface area contributed by atoms with E-state index in [4.69, 9.17) is 21.1 Å². The van der Waals surface area contributed by atoms with Gasteiger partial charge in [-0.15, -0.1) is 0 Å². The SMILES string of the molecule is CNC(CC(C)(C)OC)c1cc(Cl)ccc1OC. The summed E-state index contributed by atoms with van der Waals surface area (Å²) >= 11 is 6.07. The molecular formula is C14H22ClNO2. The van der Waals surface area contributed by atoms with Crippen molar-refractivity contribution in [2.24, 2.45) is 0 Å². The summed E-state index contributed by atoms with van der Waals surface area (Å²) in [5.41, 5.74) is 0.846. The predicted molar refractivity (Wildman–Crippen MR) is 75.5 cm³/mol. The lowest BCUT2D eigenvalue weighted by Gasteiger charge is -2.29. The lowest BCUT2D eigenvalue weighted by Crippen LogP contribution is -2.30. The van der Waals surface area contributed by atoms with Crippen molar-refractivity contribution in [3.8, 4) is 5.75 Å². The van der Waals surface area contributed by atoms with Gasteiger partial charge in [0, 0.05) is 23.7 Å². The fraction of sp³-hybridized carbons (Fsp3) is 0.571. The van der Waals surface area contributed by atoms with Crippen molar-refractivity contribution in [2.45, 2.75) is 31.9 Å². The molecule has 18 heavy (non-hydrogen) atoms. The van der Waals surface area contributed by atoms with Crippen molar-refractivity contribution in [3.05, 3.63) is 28.8 Å². The third kappa shape index (κ3) is 3.87. The van der Waals surface area contributed by atoms with Crippen LogP contribution in [0.25, 0.3) is 0 Å². The van der Waals surface area contributed by atoms with Crippen LogP contribution in [-0.4, -0.2) is 26.9 Å². The number of halogens is 1. The van der Waals surface area contributed by atoms with Crippen LogP contribution in [0.3, 0.4) is 0 Å². The van der Waals surface area contributed by atoms with Gasteiger partial charge in [0.1, 0.15) is 5.75 Å². The van der Waals surface area contributed by atoms with Crippen LogP contribution in [0.5, 0.6) is 5.75 Å². The molecule has 0 aliphatic carbocycles. The lowest BCUT2D eigenvalue weighted by atomic mass is 9.93. The lowest BCUT2D eigenvalue weighted by molar-refractivity contribution is 0.00728. The minimum Gasteiger partial charge on any atom is -0.496 e. The smallest absolute Gasteiger partial charge is 0.123 e. The molecule has 1 atom stereocenters. The number of benzene rings is 1. The Morgan fingerprint density at radius 1 is 1.33 bits per heavy atom. The second-order valence-corrected chi connectivity index (χ2v) is 5.33. The first-order valence-electron chi connectivity index (χ1n) is 5.99. The van der Waals surface area contributed by atoms with E-state index in [0.717, 1.165) is 17.7 Å². The number of nitrogens with one attached hydrogen (secondary N) is 1. The van der Waals surface area contributed by atoms with E-state index in [1.54, 1.807) is 14.2 Å². The van der Waals surface area contributed by atoms with Crippen LogP contribution in [0.2, 0.25) is 5.02 Å². The zero-order valence-corrected chi connectivity index (χ0v) is 12.5.